The summed E-state index contributed by atoms with van der Waals surface area (Å²) in [6.07, 6.45) is 8.33. The SMILES string of the molecule is O=C(CC1C(=O)NCCN1C(=S)NC(=O)C12CC3CC(CC(C3)C1)C2)OCC1CCCO1. The van der Waals surface area contributed by atoms with Gasteiger partial charge in [-0.15, -0.1) is 0 Å². The molecule has 2 N–H and O–H groups in total. The molecule has 2 aliphatic heterocycles. The highest BCUT2D eigenvalue weighted by atomic mass is 32.1. The van der Waals surface area contributed by atoms with E-state index in [9.17, 15) is 14.4 Å². The first-order valence-corrected chi connectivity index (χ1v) is 12.5. The molecule has 6 aliphatic rings. The molecule has 4 bridgehead atoms. The van der Waals surface area contributed by atoms with Crippen LogP contribution in [-0.2, 0) is 23.9 Å². The van der Waals surface area contributed by atoms with Crippen molar-refractivity contribution in [3.63, 3.8) is 0 Å². The molecule has 0 radical (unpaired) electrons. The maximum atomic E-state index is 13.4. The van der Waals surface area contributed by atoms with Crippen molar-refractivity contribution in [3.8, 4) is 0 Å². The van der Waals surface area contributed by atoms with Gasteiger partial charge in [0.15, 0.2) is 5.11 Å². The molecule has 2 atom stereocenters. The number of ether oxygens (including phenoxy) is 2. The number of hydrogen-bond donors (Lipinski definition) is 2. The van der Waals surface area contributed by atoms with Gasteiger partial charge >= 0.3 is 5.97 Å². The van der Waals surface area contributed by atoms with Crippen molar-refractivity contribution in [2.75, 3.05) is 26.3 Å². The predicted molar refractivity (Wildman–Crippen MR) is 119 cm³/mol. The molecule has 4 aliphatic carbocycles. The van der Waals surface area contributed by atoms with Gasteiger partial charge in [-0.3, -0.25) is 14.4 Å². The quantitative estimate of drug-likeness (QED) is 0.471. The molecular weight excluding hydrogens is 430 g/mol. The lowest BCUT2D eigenvalue weighted by atomic mass is 9.49. The highest BCUT2D eigenvalue weighted by Crippen LogP contribution is 2.60. The van der Waals surface area contributed by atoms with Crippen LogP contribution >= 0.6 is 12.2 Å². The van der Waals surface area contributed by atoms with Crippen LogP contribution < -0.4 is 10.6 Å². The normalized spacial score (nSPS) is 37.8. The van der Waals surface area contributed by atoms with E-state index in [0.717, 1.165) is 32.1 Å². The first kappa shape index (κ1) is 22.1. The summed E-state index contributed by atoms with van der Waals surface area (Å²) in [4.78, 5) is 40.0. The molecule has 0 spiro atoms. The third-order valence-corrected chi connectivity index (χ3v) is 8.48. The summed E-state index contributed by atoms with van der Waals surface area (Å²) in [6.45, 7) is 1.78. The van der Waals surface area contributed by atoms with Gasteiger partial charge in [-0.2, -0.15) is 0 Å². The molecule has 0 aromatic carbocycles. The Morgan fingerprint density at radius 2 is 1.88 bits per heavy atom. The summed E-state index contributed by atoms with van der Waals surface area (Å²) < 4.78 is 10.8. The van der Waals surface area contributed by atoms with E-state index in [4.69, 9.17) is 21.7 Å². The van der Waals surface area contributed by atoms with Crippen molar-refractivity contribution in [1.29, 1.82) is 0 Å². The van der Waals surface area contributed by atoms with E-state index in [0.29, 0.717) is 37.5 Å². The molecule has 2 saturated heterocycles. The largest absolute Gasteiger partial charge is 0.463 e. The maximum absolute atomic E-state index is 13.4. The van der Waals surface area contributed by atoms with E-state index in [1.807, 2.05) is 0 Å². The fourth-order valence-electron chi connectivity index (χ4n) is 7.03. The molecule has 0 aromatic rings. The standard InChI is InChI=1S/C23H33N3O5S/c27-19(31-13-17-2-1-5-30-17)9-18-20(28)24-3-4-26(18)22(32)25-21(29)23-10-14-6-15(11-23)8-16(7-14)12-23/h14-18H,1-13H2,(H,24,28)(H,25,29,32). The summed E-state index contributed by atoms with van der Waals surface area (Å²) in [6, 6.07) is -0.773. The Hall–Kier alpha value is -1.74. The van der Waals surface area contributed by atoms with Crippen molar-refractivity contribution in [3.05, 3.63) is 0 Å². The molecule has 8 nitrogen and oxygen atoms in total. The van der Waals surface area contributed by atoms with E-state index in [1.165, 1.54) is 19.3 Å². The summed E-state index contributed by atoms with van der Waals surface area (Å²) in [5, 5.41) is 6.02. The average Bonchev–Trinajstić information content (AvgIpc) is 3.26. The van der Waals surface area contributed by atoms with Crippen molar-refractivity contribution in [1.82, 2.24) is 15.5 Å². The van der Waals surface area contributed by atoms with E-state index in [1.54, 1.807) is 4.90 Å². The van der Waals surface area contributed by atoms with Gasteiger partial charge in [0.2, 0.25) is 11.8 Å². The van der Waals surface area contributed by atoms with Crippen LogP contribution in [0.1, 0.15) is 57.8 Å². The number of rotatable bonds is 5. The number of carbonyl (C=O) groups is 3. The third-order valence-electron chi connectivity index (χ3n) is 8.15. The average molecular weight is 464 g/mol. The summed E-state index contributed by atoms with van der Waals surface area (Å²) >= 11 is 5.58. The second-order valence-corrected chi connectivity index (χ2v) is 10.9. The van der Waals surface area contributed by atoms with Crippen LogP contribution in [0.25, 0.3) is 0 Å². The first-order chi connectivity index (χ1) is 15.4. The monoisotopic (exact) mass is 463 g/mol. The number of piperazine rings is 1. The number of amides is 2. The number of esters is 1. The lowest BCUT2D eigenvalue weighted by Gasteiger charge is -2.55. The van der Waals surface area contributed by atoms with Crippen LogP contribution in [0.3, 0.4) is 0 Å². The van der Waals surface area contributed by atoms with Crippen molar-refractivity contribution in [2.45, 2.75) is 69.9 Å². The molecule has 2 amide bonds. The highest BCUT2D eigenvalue weighted by molar-refractivity contribution is 7.80. The van der Waals surface area contributed by atoms with Crippen molar-refractivity contribution >= 4 is 35.1 Å². The summed E-state index contributed by atoms with van der Waals surface area (Å²) in [5.41, 5.74) is -0.313. The van der Waals surface area contributed by atoms with Crippen LogP contribution in [0.15, 0.2) is 0 Å². The molecule has 176 valence electrons. The van der Waals surface area contributed by atoms with Crippen LogP contribution in [0, 0.1) is 23.2 Å². The van der Waals surface area contributed by atoms with E-state index < -0.39 is 12.0 Å². The van der Waals surface area contributed by atoms with Gasteiger partial charge in [-0.05, 0) is 81.3 Å². The minimum absolute atomic E-state index is 0.00675. The molecule has 0 aromatic heterocycles. The van der Waals surface area contributed by atoms with E-state index in [2.05, 4.69) is 10.6 Å². The number of carbonyl (C=O) groups excluding carboxylic acids is 3. The van der Waals surface area contributed by atoms with Crippen LogP contribution in [0.2, 0.25) is 0 Å². The van der Waals surface area contributed by atoms with Crippen molar-refractivity contribution in [2.24, 2.45) is 23.2 Å². The molecular formula is C23H33N3O5S. The van der Waals surface area contributed by atoms with Crippen molar-refractivity contribution < 1.29 is 23.9 Å². The smallest absolute Gasteiger partial charge is 0.308 e. The van der Waals surface area contributed by atoms with Gasteiger partial charge in [-0.25, -0.2) is 0 Å². The summed E-state index contributed by atoms with van der Waals surface area (Å²) in [5.74, 6) is 1.26. The molecule has 4 saturated carbocycles. The predicted octanol–water partition coefficient (Wildman–Crippen LogP) is 1.52. The second kappa shape index (κ2) is 8.89. The Labute approximate surface area is 194 Å². The summed E-state index contributed by atoms with van der Waals surface area (Å²) in [7, 11) is 0. The fourth-order valence-corrected chi connectivity index (χ4v) is 7.34. The number of nitrogens with one attached hydrogen (secondary N) is 2. The molecule has 2 unspecified atom stereocenters. The Morgan fingerprint density at radius 3 is 2.50 bits per heavy atom. The zero-order chi connectivity index (χ0) is 22.3. The van der Waals surface area contributed by atoms with Gasteiger partial charge < -0.3 is 25.0 Å². The zero-order valence-electron chi connectivity index (χ0n) is 18.5. The van der Waals surface area contributed by atoms with Gasteiger partial charge in [0.05, 0.1) is 17.9 Å². The van der Waals surface area contributed by atoms with Gasteiger partial charge in [0.25, 0.3) is 0 Å². The van der Waals surface area contributed by atoms with Crippen LogP contribution in [0.4, 0.5) is 0 Å². The molecule has 32 heavy (non-hydrogen) atoms. The van der Waals surface area contributed by atoms with Gasteiger partial charge in [0.1, 0.15) is 12.6 Å². The van der Waals surface area contributed by atoms with Gasteiger partial charge in [0, 0.05) is 19.7 Å². The fraction of sp³-hybridized carbons (Fsp3) is 0.826. The lowest BCUT2D eigenvalue weighted by Crippen LogP contribution is -2.62. The minimum atomic E-state index is -0.773. The Morgan fingerprint density at radius 1 is 1.19 bits per heavy atom. The molecule has 2 heterocycles. The number of hydrogen-bond acceptors (Lipinski definition) is 6. The highest BCUT2D eigenvalue weighted by Gasteiger charge is 2.55. The molecule has 6 fully saturated rings. The molecule has 6 rings (SSSR count). The Balaban J connectivity index is 1.20. The Kier molecular flexibility index (Phi) is 6.13. The Bertz CT molecular complexity index is 761. The number of thiocarbonyl (C=S) groups is 1. The maximum Gasteiger partial charge on any atom is 0.308 e. The van der Waals surface area contributed by atoms with E-state index in [-0.39, 0.29) is 41.5 Å². The topological polar surface area (TPSA) is 97.0 Å². The second-order valence-electron chi connectivity index (χ2n) is 10.5. The number of nitrogens with zero attached hydrogens (tertiary/aromatic N) is 1. The van der Waals surface area contributed by atoms with Gasteiger partial charge in [-0.1, -0.05) is 0 Å². The van der Waals surface area contributed by atoms with Crippen LogP contribution in [0.5, 0.6) is 0 Å². The first-order valence-electron chi connectivity index (χ1n) is 12.1. The lowest BCUT2D eigenvalue weighted by molar-refractivity contribution is -0.150. The van der Waals surface area contributed by atoms with Crippen LogP contribution in [-0.4, -0.2) is 66.2 Å². The third kappa shape index (κ3) is 4.38. The molecule has 9 heteroatoms. The minimum Gasteiger partial charge on any atom is -0.463 e. The zero-order valence-corrected chi connectivity index (χ0v) is 19.3. The van der Waals surface area contributed by atoms with E-state index >= 15 is 0 Å².